The van der Waals surface area contributed by atoms with E-state index < -0.39 is 10.0 Å². The van der Waals surface area contributed by atoms with Crippen LogP contribution in [-0.2, 0) is 15.9 Å². The molecule has 0 saturated heterocycles. The van der Waals surface area contributed by atoms with Gasteiger partial charge in [0.25, 0.3) is 10.0 Å². The number of halogens is 2. The average molecular weight is 317 g/mol. The Morgan fingerprint density at radius 2 is 1.89 bits per heavy atom. The van der Waals surface area contributed by atoms with E-state index in [1.54, 1.807) is 18.2 Å². The zero-order chi connectivity index (χ0) is 13.9. The lowest BCUT2D eigenvalue weighted by atomic mass is 10.2. The Bertz CT molecular complexity index is 672. The fourth-order valence-corrected chi connectivity index (χ4v) is 3.23. The zero-order valence-electron chi connectivity index (χ0n) is 9.68. The molecule has 0 aliphatic heterocycles. The van der Waals surface area contributed by atoms with Crippen LogP contribution in [0.4, 0.5) is 5.69 Å². The van der Waals surface area contributed by atoms with Crippen molar-refractivity contribution in [3.8, 4) is 0 Å². The first-order chi connectivity index (χ1) is 9.03. The van der Waals surface area contributed by atoms with Crippen molar-refractivity contribution in [2.24, 2.45) is 0 Å². The highest BCUT2D eigenvalue weighted by Gasteiger charge is 2.17. The smallest absolute Gasteiger partial charge is 0.262 e. The van der Waals surface area contributed by atoms with Crippen LogP contribution < -0.4 is 4.72 Å². The van der Waals surface area contributed by atoms with Crippen molar-refractivity contribution < 1.29 is 8.42 Å². The van der Waals surface area contributed by atoms with E-state index in [2.05, 4.69) is 9.71 Å². The lowest BCUT2D eigenvalue weighted by Crippen LogP contribution is -2.14. The van der Waals surface area contributed by atoms with E-state index >= 15 is 0 Å². The third-order valence-electron chi connectivity index (χ3n) is 2.39. The van der Waals surface area contributed by atoms with Crippen molar-refractivity contribution in [2.75, 3.05) is 4.72 Å². The Balaban J connectivity index is 2.35. The third-order valence-corrected chi connectivity index (χ3v) is 4.38. The minimum Gasteiger partial charge on any atom is -0.278 e. The van der Waals surface area contributed by atoms with Crippen molar-refractivity contribution in [3.05, 3.63) is 53.3 Å². The molecule has 0 unspecified atom stereocenters. The van der Waals surface area contributed by atoms with Gasteiger partial charge in [-0.2, -0.15) is 0 Å². The van der Waals surface area contributed by atoms with Crippen molar-refractivity contribution in [1.82, 2.24) is 4.98 Å². The first kappa shape index (κ1) is 14.1. The van der Waals surface area contributed by atoms with E-state index in [-0.39, 0.29) is 10.8 Å². The first-order valence-electron chi connectivity index (χ1n) is 5.31. The summed E-state index contributed by atoms with van der Waals surface area (Å²) in [6.07, 6.45) is 1.35. The fraction of sp³-hybridized carbons (Fsp3) is 0.0833. The van der Waals surface area contributed by atoms with Crippen molar-refractivity contribution in [1.29, 1.82) is 0 Å². The van der Waals surface area contributed by atoms with Crippen LogP contribution >= 0.6 is 23.2 Å². The molecule has 1 aromatic heterocycles. The molecular weight excluding hydrogens is 307 g/mol. The number of rotatable bonds is 4. The normalized spacial score (nSPS) is 11.3. The molecule has 1 heterocycles. The standard InChI is InChI=1S/C12H10Cl2N2O2S/c13-7-9-3-1-2-4-11(9)19(17,18)16-10-5-6-12(14)15-8-10/h1-6,8,16H,7H2. The average Bonchev–Trinajstić information content (AvgIpc) is 2.41. The summed E-state index contributed by atoms with van der Waals surface area (Å²) in [5.41, 5.74) is 0.882. The van der Waals surface area contributed by atoms with Gasteiger partial charge in [0.1, 0.15) is 5.15 Å². The molecule has 0 bridgehead atoms. The van der Waals surface area contributed by atoms with Crippen molar-refractivity contribution in [3.63, 3.8) is 0 Å². The number of sulfonamides is 1. The quantitative estimate of drug-likeness (QED) is 0.695. The SMILES string of the molecule is O=S(=O)(Nc1ccc(Cl)nc1)c1ccccc1CCl. The topological polar surface area (TPSA) is 59.1 Å². The highest BCUT2D eigenvalue weighted by molar-refractivity contribution is 7.92. The van der Waals surface area contributed by atoms with Crippen LogP contribution in [0.15, 0.2) is 47.5 Å². The van der Waals surface area contributed by atoms with E-state index in [1.165, 1.54) is 24.4 Å². The molecule has 0 fully saturated rings. The number of hydrogen-bond acceptors (Lipinski definition) is 3. The molecule has 100 valence electrons. The summed E-state index contributed by atoms with van der Waals surface area (Å²) >= 11 is 11.4. The monoisotopic (exact) mass is 316 g/mol. The van der Waals surface area contributed by atoms with Gasteiger partial charge in [0.15, 0.2) is 0 Å². The number of hydrogen-bond donors (Lipinski definition) is 1. The Hall–Kier alpha value is -1.30. The maximum absolute atomic E-state index is 12.2. The largest absolute Gasteiger partial charge is 0.278 e. The number of nitrogens with zero attached hydrogens (tertiary/aromatic N) is 1. The van der Waals surface area contributed by atoms with Crippen LogP contribution in [0.25, 0.3) is 0 Å². The molecule has 0 spiro atoms. The zero-order valence-corrected chi connectivity index (χ0v) is 12.0. The van der Waals surface area contributed by atoms with Gasteiger partial charge in [-0.05, 0) is 23.8 Å². The highest BCUT2D eigenvalue weighted by atomic mass is 35.5. The second kappa shape index (κ2) is 5.77. The Kier molecular flexibility index (Phi) is 4.29. The number of pyridine rings is 1. The number of alkyl halides is 1. The van der Waals surface area contributed by atoms with Crippen LogP contribution in [0.2, 0.25) is 5.15 Å². The third kappa shape index (κ3) is 3.37. The molecule has 0 aliphatic rings. The van der Waals surface area contributed by atoms with Gasteiger partial charge in [-0.15, -0.1) is 11.6 Å². The highest BCUT2D eigenvalue weighted by Crippen LogP contribution is 2.21. The van der Waals surface area contributed by atoms with Gasteiger partial charge in [0.2, 0.25) is 0 Å². The molecule has 0 saturated carbocycles. The van der Waals surface area contributed by atoms with Crippen molar-refractivity contribution in [2.45, 2.75) is 10.8 Å². The fourth-order valence-electron chi connectivity index (χ4n) is 1.52. The van der Waals surface area contributed by atoms with Gasteiger partial charge in [0, 0.05) is 5.88 Å². The number of nitrogens with one attached hydrogen (secondary N) is 1. The summed E-state index contributed by atoms with van der Waals surface area (Å²) < 4.78 is 26.9. The molecule has 7 heteroatoms. The second-order valence-electron chi connectivity index (χ2n) is 3.72. The molecule has 0 radical (unpaired) electrons. The predicted octanol–water partition coefficient (Wildman–Crippen LogP) is 3.27. The Morgan fingerprint density at radius 1 is 1.16 bits per heavy atom. The minimum absolute atomic E-state index is 0.121. The van der Waals surface area contributed by atoms with E-state index in [0.717, 1.165) is 0 Å². The summed E-state index contributed by atoms with van der Waals surface area (Å²) in [6, 6.07) is 9.60. The van der Waals surface area contributed by atoms with Crippen LogP contribution in [0.1, 0.15) is 5.56 Å². The molecule has 1 N–H and O–H groups in total. The summed E-state index contributed by atoms with van der Waals surface area (Å²) in [7, 11) is -3.69. The summed E-state index contributed by atoms with van der Waals surface area (Å²) in [6.45, 7) is 0. The van der Waals surface area contributed by atoms with Crippen LogP contribution in [-0.4, -0.2) is 13.4 Å². The molecule has 0 atom stereocenters. The van der Waals surface area contributed by atoms with Gasteiger partial charge in [-0.1, -0.05) is 29.8 Å². The summed E-state index contributed by atoms with van der Waals surface area (Å²) in [5.74, 6) is 0.121. The van der Waals surface area contributed by atoms with E-state index in [1.807, 2.05) is 0 Å². The van der Waals surface area contributed by atoms with Gasteiger partial charge in [-0.25, -0.2) is 13.4 Å². The van der Waals surface area contributed by atoms with Gasteiger partial charge < -0.3 is 0 Å². The molecule has 2 aromatic rings. The van der Waals surface area contributed by atoms with Gasteiger partial charge in [-0.3, -0.25) is 4.72 Å². The molecular formula is C12H10Cl2N2O2S. The first-order valence-corrected chi connectivity index (χ1v) is 7.71. The lowest BCUT2D eigenvalue weighted by Gasteiger charge is -2.10. The van der Waals surface area contributed by atoms with Crippen molar-refractivity contribution >= 4 is 38.9 Å². The second-order valence-corrected chi connectivity index (χ2v) is 6.02. The number of anilines is 1. The minimum atomic E-state index is -3.69. The molecule has 4 nitrogen and oxygen atoms in total. The lowest BCUT2D eigenvalue weighted by molar-refractivity contribution is 0.600. The summed E-state index contributed by atoms with van der Waals surface area (Å²) in [4.78, 5) is 3.96. The maximum Gasteiger partial charge on any atom is 0.262 e. The number of aromatic nitrogens is 1. The van der Waals surface area contributed by atoms with Crippen LogP contribution in [0, 0.1) is 0 Å². The maximum atomic E-state index is 12.2. The Labute approximate surface area is 121 Å². The van der Waals surface area contributed by atoms with Gasteiger partial charge in [0.05, 0.1) is 16.8 Å². The van der Waals surface area contributed by atoms with Gasteiger partial charge >= 0.3 is 0 Å². The summed E-state index contributed by atoms with van der Waals surface area (Å²) in [5, 5.41) is 0.295. The molecule has 0 aliphatic carbocycles. The number of benzene rings is 1. The molecule has 2 rings (SSSR count). The van der Waals surface area contributed by atoms with E-state index in [9.17, 15) is 8.42 Å². The molecule has 0 amide bonds. The van der Waals surface area contributed by atoms with Crippen LogP contribution in [0.3, 0.4) is 0 Å². The molecule has 1 aromatic carbocycles. The Morgan fingerprint density at radius 3 is 2.53 bits per heavy atom. The predicted molar refractivity (Wildman–Crippen MR) is 76.1 cm³/mol. The van der Waals surface area contributed by atoms with E-state index in [0.29, 0.717) is 16.4 Å². The van der Waals surface area contributed by atoms with Crippen LogP contribution in [0.5, 0.6) is 0 Å². The molecule has 19 heavy (non-hydrogen) atoms. The van der Waals surface area contributed by atoms with E-state index in [4.69, 9.17) is 23.2 Å².